The highest BCUT2D eigenvalue weighted by atomic mass is 32.1. The van der Waals surface area contributed by atoms with Crippen LogP contribution in [-0.2, 0) is 6.18 Å². The summed E-state index contributed by atoms with van der Waals surface area (Å²) >= 11 is 1.02. The van der Waals surface area contributed by atoms with Gasteiger partial charge >= 0.3 is 12.1 Å². The van der Waals surface area contributed by atoms with Gasteiger partial charge < -0.3 is 9.84 Å². The number of ether oxygens (including phenoxy) is 1. The number of hydrogen-bond donors (Lipinski definition) is 1. The molecule has 4 aromatic rings. The first-order valence-electron chi connectivity index (χ1n) is 8.11. The fourth-order valence-electron chi connectivity index (χ4n) is 2.59. The molecule has 0 saturated heterocycles. The molecule has 0 aliphatic heterocycles. The molecule has 0 aliphatic carbocycles. The molecule has 1 N–H and O–H groups in total. The van der Waals surface area contributed by atoms with Crippen molar-refractivity contribution >= 4 is 27.5 Å². The zero-order valence-corrected chi connectivity index (χ0v) is 15.2. The Labute approximate surface area is 165 Å². The number of benzene rings is 2. The highest BCUT2D eigenvalue weighted by Gasteiger charge is 2.30. The Bertz CT molecular complexity index is 1210. The molecule has 0 unspecified atom stereocenters. The quantitative estimate of drug-likeness (QED) is 0.487. The maximum atomic E-state index is 12.7. The van der Waals surface area contributed by atoms with Crippen LogP contribution in [0.3, 0.4) is 0 Å². The summed E-state index contributed by atoms with van der Waals surface area (Å²) in [4.78, 5) is 23.3. The van der Waals surface area contributed by atoms with Gasteiger partial charge in [-0.15, -0.1) is 11.3 Å². The van der Waals surface area contributed by atoms with E-state index in [0.717, 1.165) is 23.5 Å². The van der Waals surface area contributed by atoms with Crippen molar-refractivity contribution in [2.45, 2.75) is 6.18 Å². The van der Waals surface area contributed by atoms with Crippen molar-refractivity contribution in [1.82, 2.24) is 15.0 Å². The number of nitrogens with zero attached hydrogens (tertiary/aromatic N) is 3. The van der Waals surface area contributed by atoms with E-state index in [2.05, 4.69) is 15.0 Å². The van der Waals surface area contributed by atoms with Crippen LogP contribution in [0, 0.1) is 0 Å². The third kappa shape index (κ3) is 3.87. The number of thiazole rings is 1. The first-order valence-corrected chi connectivity index (χ1v) is 8.93. The van der Waals surface area contributed by atoms with Crippen LogP contribution in [0.1, 0.15) is 15.4 Å². The summed E-state index contributed by atoms with van der Waals surface area (Å²) in [6.45, 7) is 0. The van der Waals surface area contributed by atoms with Gasteiger partial charge in [-0.05, 0) is 24.3 Å². The van der Waals surface area contributed by atoms with E-state index < -0.39 is 17.7 Å². The molecule has 0 fully saturated rings. The lowest BCUT2D eigenvalue weighted by molar-refractivity contribution is -0.137. The minimum Gasteiger partial charge on any atom is -0.476 e. The van der Waals surface area contributed by atoms with E-state index in [1.165, 1.54) is 24.5 Å². The normalized spacial score (nSPS) is 11.6. The number of hydrogen-bond acceptors (Lipinski definition) is 6. The predicted molar refractivity (Wildman–Crippen MR) is 99.1 cm³/mol. The molecule has 146 valence electrons. The summed E-state index contributed by atoms with van der Waals surface area (Å²) < 4.78 is 44.5. The summed E-state index contributed by atoms with van der Waals surface area (Å²) in [7, 11) is 0. The fraction of sp³-hybridized carbons (Fsp3) is 0.0526. The molecule has 0 aliphatic rings. The monoisotopic (exact) mass is 417 g/mol. The molecule has 2 heterocycles. The average Bonchev–Trinajstić information content (AvgIpc) is 3.14. The zero-order valence-electron chi connectivity index (χ0n) is 14.3. The Hall–Kier alpha value is -3.53. The van der Waals surface area contributed by atoms with Crippen molar-refractivity contribution in [2.75, 3.05) is 0 Å². The molecular formula is C19H10F3N3O3S. The van der Waals surface area contributed by atoms with Crippen molar-refractivity contribution in [3.8, 4) is 22.9 Å². The van der Waals surface area contributed by atoms with Crippen LogP contribution < -0.4 is 4.74 Å². The fourth-order valence-corrected chi connectivity index (χ4v) is 3.41. The second-order valence-electron chi connectivity index (χ2n) is 5.85. The van der Waals surface area contributed by atoms with E-state index in [-0.39, 0.29) is 10.9 Å². The van der Waals surface area contributed by atoms with Crippen molar-refractivity contribution in [2.24, 2.45) is 0 Å². The minimum absolute atomic E-state index is 0.0656. The van der Waals surface area contributed by atoms with Gasteiger partial charge in [0.25, 0.3) is 0 Å². The highest BCUT2D eigenvalue weighted by Crippen LogP contribution is 2.34. The van der Waals surface area contributed by atoms with Gasteiger partial charge in [0.15, 0.2) is 5.75 Å². The van der Waals surface area contributed by atoms with Gasteiger partial charge in [0.1, 0.15) is 11.8 Å². The molecular weight excluding hydrogens is 407 g/mol. The summed E-state index contributed by atoms with van der Waals surface area (Å²) in [6, 6.07) is 11.1. The van der Waals surface area contributed by atoms with Crippen LogP contribution in [0.4, 0.5) is 13.2 Å². The number of carboxylic acids is 1. The van der Waals surface area contributed by atoms with Crippen molar-refractivity contribution in [1.29, 1.82) is 0 Å². The number of halogens is 3. The van der Waals surface area contributed by atoms with E-state index in [0.29, 0.717) is 27.2 Å². The summed E-state index contributed by atoms with van der Waals surface area (Å²) in [5, 5.41) is 9.05. The molecule has 29 heavy (non-hydrogen) atoms. The Morgan fingerprint density at radius 3 is 2.52 bits per heavy atom. The number of aromatic carboxylic acids is 1. The first-order chi connectivity index (χ1) is 13.8. The molecule has 2 aromatic heterocycles. The third-order valence-electron chi connectivity index (χ3n) is 3.93. The summed E-state index contributed by atoms with van der Waals surface area (Å²) in [5.41, 5.74) is 0.464. The molecule has 0 bridgehead atoms. The Morgan fingerprint density at radius 1 is 1.07 bits per heavy atom. The number of carbonyl (C=O) groups is 1. The standard InChI is InChI=1S/C19H10F3N3O3S/c20-19(21,22)11-6-4-10(5-7-11)12-8-15(24-9-23-12)28-13-2-1-3-14-16(13)25-17(29-14)18(26)27/h1-9H,(H,26,27). The van der Waals surface area contributed by atoms with Gasteiger partial charge in [0.05, 0.1) is 16.0 Å². The maximum absolute atomic E-state index is 12.7. The molecule has 4 rings (SSSR count). The van der Waals surface area contributed by atoms with Gasteiger partial charge in [0.2, 0.25) is 10.9 Å². The number of alkyl halides is 3. The lowest BCUT2D eigenvalue weighted by atomic mass is 10.1. The number of rotatable bonds is 4. The predicted octanol–water partition coefficient (Wildman–Crippen LogP) is 5.26. The van der Waals surface area contributed by atoms with Crippen LogP contribution >= 0.6 is 11.3 Å². The molecule has 0 saturated carbocycles. The number of aromatic nitrogens is 3. The van der Waals surface area contributed by atoms with Gasteiger partial charge in [-0.3, -0.25) is 0 Å². The van der Waals surface area contributed by atoms with Crippen LogP contribution in [0.25, 0.3) is 21.5 Å². The van der Waals surface area contributed by atoms with Gasteiger partial charge in [-0.2, -0.15) is 13.2 Å². The maximum Gasteiger partial charge on any atom is 0.416 e. The zero-order chi connectivity index (χ0) is 20.6. The number of carboxylic acid groups (broad SMARTS) is 1. The smallest absolute Gasteiger partial charge is 0.416 e. The topological polar surface area (TPSA) is 85.2 Å². The highest BCUT2D eigenvalue weighted by molar-refractivity contribution is 7.20. The van der Waals surface area contributed by atoms with E-state index in [1.54, 1.807) is 18.2 Å². The number of fused-ring (bicyclic) bond motifs is 1. The molecule has 10 heteroatoms. The molecule has 0 radical (unpaired) electrons. The van der Waals surface area contributed by atoms with Crippen LogP contribution in [0.2, 0.25) is 0 Å². The first kappa shape index (κ1) is 18.8. The van der Waals surface area contributed by atoms with Crippen molar-refractivity contribution in [3.05, 3.63) is 65.4 Å². The van der Waals surface area contributed by atoms with Crippen LogP contribution in [0.5, 0.6) is 11.6 Å². The molecule has 6 nitrogen and oxygen atoms in total. The van der Waals surface area contributed by atoms with Crippen LogP contribution in [-0.4, -0.2) is 26.0 Å². The van der Waals surface area contributed by atoms with E-state index in [4.69, 9.17) is 9.84 Å². The molecule has 0 amide bonds. The Morgan fingerprint density at radius 2 is 1.83 bits per heavy atom. The molecule has 0 atom stereocenters. The van der Waals surface area contributed by atoms with E-state index in [1.807, 2.05) is 0 Å². The summed E-state index contributed by atoms with van der Waals surface area (Å²) in [5.74, 6) is -0.681. The largest absolute Gasteiger partial charge is 0.476 e. The van der Waals surface area contributed by atoms with Gasteiger partial charge in [-0.1, -0.05) is 18.2 Å². The van der Waals surface area contributed by atoms with Gasteiger partial charge in [-0.25, -0.2) is 19.7 Å². The third-order valence-corrected chi connectivity index (χ3v) is 4.94. The van der Waals surface area contributed by atoms with Crippen LogP contribution in [0.15, 0.2) is 54.9 Å². The Balaban J connectivity index is 1.65. The van der Waals surface area contributed by atoms with E-state index in [9.17, 15) is 18.0 Å². The Kier molecular flexibility index (Phi) is 4.63. The van der Waals surface area contributed by atoms with Gasteiger partial charge in [0, 0.05) is 11.6 Å². The van der Waals surface area contributed by atoms with Crippen molar-refractivity contribution < 1.29 is 27.8 Å². The van der Waals surface area contributed by atoms with Crippen molar-refractivity contribution in [3.63, 3.8) is 0 Å². The number of para-hydroxylation sites is 1. The lowest BCUT2D eigenvalue weighted by Crippen LogP contribution is -2.04. The lowest BCUT2D eigenvalue weighted by Gasteiger charge is -2.09. The average molecular weight is 417 g/mol. The second-order valence-corrected chi connectivity index (χ2v) is 6.88. The SMILES string of the molecule is O=C(O)c1nc2c(Oc3cc(-c4ccc(C(F)(F)F)cc4)ncn3)cccc2s1. The summed E-state index contributed by atoms with van der Waals surface area (Å²) in [6.07, 6.45) is -3.19. The van der Waals surface area contributed by atoms with E-state index >= 15 is 0 Å². The minimum atomic E-state index is -4.42. The molecule has 2 aromatic carbocycles. The molecule has 0 spiro atoms. The second kappa shape index (κ2) is 7.13.